The van der Waals surface area contributed by atoms with Crippen LogP contribution in [0.2, 0.25) is 0 Å². The molecule has 0 fully saturated rings. The molecule has 0 heterocycles. The standard InChI is InChI=1S/C10H9BrO2/c1-7-2-3-8(4-5-11)6-9(7)10(12)13/h2-6H,1H3,(H,12,13). The first-order chi connectivity index (χ1) is 6.15. The minimum Gasteiger partial charge on any atom is -0.478 e. The lowest BCUT2D eigenvalue weighted by Gasteiger charge is -2.01. The second kappa shape index (κ2) is 4.23. The highest BCUT2D eigenvalue weighted by atomic mass is 79.9. The average Bonchev–Trinajstić information content (AvgIpc) is 2.08. The number of aromatic carboxylic acids is 1. The molecule has 0 aliphatic rings. The third-order valence-corrected chi connectivity index (χ3v) is 2.01. The Morgan fingerprint density at radius 3 is 2.77 bits per heavy atom. The Morgan fingerprint density at radius 1 is 1.54 bits per heavy atom. The zero-order chi connectivity index (χ0) is 9.84. The van der Waals surface area contributed by atoms with E-state index in [1.807, 2.05) is 6.07 Å². The number of hydrogen-bond donors (Lipinski definition) is 1. The Morgan fingerprint density at radius 2 is 2.23 bits per heavy atom. The van der Waals surface area contributed by atoms with E-state index in [9.17, 15) is 4.79 Å². The van der Waals surface area contributed by atoms with Crippen LogP contribution in [0.4, 0.5) is 0 Å². The minimum absolute atomic E-state index is 0.350. The van der Waals surface area contributed by atoms with Gasteiger partial charge in [0.2, 0.25) is 0 Å². The van der Waals surface area contributed by atoms with Gasteiger partial charge in [-0.15, -0.1) is 0 Å². The lowest BCUT2D eigenvalue weighted by atomic mass is 10.1. The van der Waals surface area contributed by atoms with Crippen LogP contribution in [-0.4, -0.2) is 11.1 Å². The van der Waals surface area contributed by atoms with Gasteiger partial charge >= 0.3 is 5.97 Å². The molecule has 0 aromatic heterocycles. The molecular weight excluding hydrogens is 232 g/mol. The van der Waals surface area contributed by atoms with Gasteiger partial charge in [0, 0.05) is 0 Å². The van der Waals surface area contributed by atoms with Gasteiger partial charge in [0.25, 0.3) is 0 Å². The van der Waals surface area contributed by atoms with E-state index >= 15 is 0 Å². The smallest absolute Gasteiger partial charge is 0.335 e. The number of carboxylic acid groups (broad SMARTS) is 1. The van der Waals surface area contributed by atoms with Gasteiger partial charge < -0.3 is 5.11 Å². The fourth-order valence-electron chi connectivity index (χ4n) is 1.05. The summed E-state index contributed by atoms with van der Waals surface area (Å²) in [5.74, 6) is -0.887. The van der Waals surface area contributed by atoms with Crippen molar-refractivity contribution in [3.63, 3.8) is 0 Å². The molecule has 0 aliphatic heterocycles. The van der Waals surface area contributed by atoms with Gasteiger partial charge in [0.15, 0.2) is 0 Å². The highest BCUT2D eigenvalue weighted by molar-refractivity contribution is 9.11. The van der Waals surface area contributed by atoms with E-state index in [-0.39, 0.29) is 0 Å². The first kappa shape index (κ1) is 9.99. The number of aryl methyl sites for hydroxylation is 1. The highest BCUT2D eigenvalue weighted by Gasteiger charge is 2.05. The highest BCUT2D eigenvalue weighted by Crippen LogP contribution is 2.12. The first-order valence-corrected chi connectivity index (χ1v) is 4.67. The summed E-state index contributed by atoms with van der Waals surface area (Å²) in [5, 5.41) is 8.82. The minimum atomic E-state index is -0.887. The van der Waals surface area contributed by atoms with Crippen LogP contribution in [0.1, 0.15) is 21.5 Å². The van der Waals surface area contributed by atoms with Gasteiger partial charge in [-0.05, 0) is 35.2 Å². The van der Waals surface area contributed by atoms with Crippen molar-refractivity contribution in [3.8, 4) is 0 Å². The molecule has 0 spiro atoms. The molecule has 0 radical (unpaired) electrons. The Labute approximate surface area is 85.0 Å². The van der Waals surface area contributed by atoms with Crippen LogP contribution in [0.3, 0.4) is 0 Å². The third kappa shape index (κ3) is 2.42. The summed E-state index contributed by atoms with van der Waals surface area (Å²) in [4.78, 5) is 12.4. The Balaban J connectivity index is 3.18. The second-order valence-corrected chi connectivity index (χ2v) is 3.20. The zero-order valence-electron chi connectivity index (χ0n) is 7.12. The number of rotatable bonds is 2. The molecule has 0 saturated heterocycles. The van der Waals surface area contributed by atoms with E-state index < -0.39 is 5.97 Å². The van der Waals surface area contributed by atoms with Gasteiger partial charge in [-0.25, -0.2) is 4.79 Å². The molecule has 0 amide bonds. The lowest BCUT2D eigenvalue weighted by Crippen LogP contribution is -1.99. The van der Waals surface area contributed by atoms with Gasteiger partial charge in [-0.3, -0.25) is 0 Å². The van der Waals surface area contributed by atoms with E-state index in [1.165, 1.54) is 0 Å². The van der Waals surface area contributed by atoms with Crippen LogP contribution in [0, 0.1) is 6.92 Å². The van der Waals surface area contributed by atoms with E-state index in [4.69, 9.17) is 5.11 Å². The fourth-order valence-corrected chi connectivity index (χ4v) is 1.35. The number of halogens is 1. The predicted molar refractivity (Wildman–Crippen MR) is 56.1 cm³/mol. The number of carbonyl (C=O) groups is 1. The van der Waals surface area contributed by atoms with Crippen molar-refractivity contribution in [2.75, 3.05) is 0 Å². The van der Waals surface area contributed by atoms with Crippen molar-refractivity contribution in [2.24, 2.45) is 0 Å². The molecule has 3 heteroatoms. The maximum atomic E-state index is 10.7. The number of benzene rings is 1. The van der Waals surface area contributed by atoms with Crippen molar-refractivity contribution in [2.45, 2.75) is 6.92 Å². The first-order valence-electron chi connectivity index (χ1n) is 3.76. The molecular formula is C10H9BrO2. The maximum Gasteiger partial charge on any atom is 0.335 e. The molecule has 68 valence electrons. The maximum absolute atomic E-state index is 10.7. The van der Waals surface area contributed by atoms with E-state index in [1.54, 1.807) is 30.1 Å². The van der Waals surface area contributed by atoms with Crippen molar-refractivity contribution >= 4 is 28.0 Å². The normalized spacial score (nSPS) is 10.6. The summed E-state index contributed by atoms with van der Waals surface area (Å²) in [5.41, 5.74) is 2.00. The van der Waals surface area contributed by atoms with E-state index in [0.717, 1.165) is 11.1 Å². The number of hydrogen-bond acceptors (Lipinski definition) is 1. The average molecular weight is 241 g/mol. The summed E-state index contributed by atoms with van der Waals surface area (Å²) in [6.45, 7) is 1.78. The summed E-state index contributed by atoms with van der Waals surface area (Å²) in [7, 11) is 0. The number of carboxylic acids is 1. The van der Waals surface area contributed by atoms with Crippen LogP contribution in [0.25, 0.3) is 6.08 Å². The summed E-state index contributed by atoms with van der Waals surface area (Å²) < 4.78 is 0. The molecule has 2 nitrogen and oxygen atoms in total. The monoisotopic (exact) mass is 240 g/mol. The van der Waals surface area contributed by atoms with Gasteiger partial charge in [-0.2, -0.15) is 0 Å². The molecule has 0 saturated carbocycles. The van der Waals surface area contributed by atoms with Crippen molar-refractivity contribution in [1.29, 1.82) is 0 Å². The molecule has 0 aliphatic carbocycles. The van der Waals surface area contributed by atoms with Crippen LogP contribution < -0.4 is 0 Å². The van der Waals surface area contributed by atoms with E-state index in [2.05, 4.69) is 15.9 Å². The summed E-state index contributed by atoms with van der Waals surface area (Å²) in [6, 6.07) is 5.32. The molecule has 1 rings (SSSR count). The van der Waals surface area contributed by atoms with E-state index in [0.29, 0.717) is 5.56 Å². The van der Waals surface area contributed by atoms with Crippen LogP contribution >= 0.6 is 15.9 Å². The largest absolute Gasteiger partial charge is 0.478 e. The molecule has 0 bridgehead atoms. The second-order valence-electron chi connectivity index (χ2n) is 2.67. The molecule has 1 N–H and O–H groups in total. The summed E-state index contributed by atoms with van der Waals surface area (Å²) >= 11 is 3.14. The molecule has 0 unspecified atom stereocenters. The SMILES string of the molecule is Cc1ccc(C=CBr)cc1C(=O)O. The Kier molecular flexibility index (Phi) is 3.25. The van der Waals surface area contributed by atoms with Crippen molar-refractivity contribution in [1.82, 2.24) is 0 Å². The van der Waals surface area contributed by atoms with Crippen molar-refractivity contribution < 1.29 is 9.90 Å². The zero-order valence-corrected chi connectivity index (χ0v) is 8.71. The fraction of sp³-hybridized carbons (Fsp3) is 0.100. The van der Waals surface area contributed by atoms with Crippen LogP contribution in [0.15, 0.2) is 23.2 Å². The molecule has 1 aromatic carbocycles. The summed E-state index contributed by atoms with van der Waals surface area (Å²) in [6.07, 6.45) is 1.80. The predicted octanol–water partition coefficient (Wildman–Crippen LogP) is 3.06. The van der Waals surface area contributed by atoms with Crippen LogP contribution in [0.5, 0.6) is 0 Å². The van der Waals surface area contributed by atoms with Crippen LogP contribution in [-0.2, 0) is 0 Å². The topological polar surface area (TPSA) is 37.3 Å². The quantitative estimate of drug-likeness (QED) is 0.863. The molecule has 1 aromatic rings. The lowest BCUT2D eigenvalue weighted by molar-refractivity contribution is 0.0696. The Hall–Kier alpha value is -1.09. The molecule has 13 heavy (non-hydrogen) atoms. The van der Waals surface area contributed by atoms with Gasteiger partial charge in [0.05, 0.1) is 5.56 Å². The van der Waals surface area contributed by atoms with Gasteiger partial charge in [0.1, 0.15) is 0 Å². The third-order valence-electron chi connectivity index (χ3n) is 1.75. The van der Waals surface area contributed by atoms with Gasteiger partial charge in [-0.1, -0.05) is 28.1 Å². The van der Waals surface area contributed by atoms with Crippen molar-refractivity contribution in [3.05, 3.63) is 39.9 Å². The Bertz CT molecular complexity index is 356. The molecule has 0 atom stereocenters.